The van der Waals surface area contributed by atoms with E-state index in [4.69, 9.17) is 14.7 Å². The topological polar surface area (TPSA) is 78.7 Å². The van der Waals surface area contributed by atoms with Gasteiger partial charge in [-0.1, -0.05) is 6.07 Å². The lowest BCUT2D eigenvalue weighted by molar-refractivity contribution is 0.287. The zero-order valence-corrected chi connectivity index (χ0v) is 20.7. The number of benzene rings is 2. The van der Waals surface area contributed by atoms with Gasteiger partial charge in [-0.15, -0.1) is 24.0 Å². The molecule has 2 rings (SSSR count). The summed E-state index contributed by atoms with van der Waals surface area (Å²) in [6, 6.07) is 12.0. The maximum atomic E-state index is 14.0. The van der Waals surface area contributed by atoms with Crippen LogP contribution in [0.15, 0.2) is 41.4 Å². The molecule has 0 aliphatic carbocycles. The Morgan fingerprint density at radius 1 is 1.10 bits per heavy atom. The Balaban J connectivity index is 0.00000480. The lowest BCUT2D eigenvalue weighted by Gasteiger charge is -2.20. The number of nitrogens with one attached hydrogen (secondary N) is 2. The molecular weight excluding hydrogens is 510 g/mol. The fraction of sp³-hybridized carbons (Fsp3) is 0.391. The molecule has 2 aromatic carbocycles. The van der Waals surface area contributed by atoms with Crippen molar-refractivity contribution in [3.63, 3.8) is 0 Å². The lowest BCUT2D eigenvalue weighted by atomic mass is 10.1. The summed E-state index contributed by atoms with van der Waals surface area (Å²) >= 11 is 0. The van der Waals surface area contributed by atoms with Crippen LogP contribution in [0.25, 0.3) is 0 Å². The number of nitrogens with zero attached hydrogens (tertiary/aromatic N) is 2. The number of aliphatic imine (C=N–C) groups is 1. The molecular formula is C23H30FIN4O2. The van der Waals surface area contributed by atoms with Gasteiger partial charge in [0.05, 0.1) is 37.4 Å². The van der Waals surface area contributed by atoms with Crippen LogP contribution in [-0.4, -0.2) is 25.7 Å². The Bertz CT molecular complexity index is 915. The highest BCUT2D eigenvalue weighted by Gasteiger charge is 2.13. The lowest BCUT2D eigenvalue weighted by Crippen LogP contribution is -2.38. The highest BCUT2D eigenvalue weighted by atomic mass is 127. The predicted octanol–water partition coefficient (Wildman–Crippen LogP) is 4.93. The molecule has 1 atom stereocenters. The molecule has 0 heterocycles. The molecule has 0 aliphatic rings. The summed E-state index contributed by atoms with van der Waals surface area (Å²) < 4.78 is 25.4. The molecule has 0 saturated heterocycles. The van der Waals surface area contributed by atoms with E-state index in [1.165, 1.54) is 18.2 Å². The summed E-state index contributed by atoms with van der Waals surface area (Å²) in [4.78, 5) is 4.48. The molecule has 2 N–H and O–H groups in total. The molecule has 1 unspecified atom stereocenters. The molecule has 0 aromatic heterocycles. The van der Waals surface area contributed by atoms with Gasteiger partial charge < -0.3 is 20.1 Å². The second-order valence-electron chi connectivity index (χ2n) is 6.55. The average molecular weight is 540 g/mol. The van der Waals surface area contributed by atoms with Crippen LogP contribution in [0.2, 0.25) is 0 Å². The van der Waals surface area contributed by atoms with Crippen LogP contribution in [0.1, 0.15) is 50.4 Å². The zero-order valence-electron chi connectivity index (χ0n) is 18.4. The van der Waals surface area contributed by atoms with Crippen LogP contribution in [0.4, 0.5) is 4.39 Å². The van der Waals surface area contributed by atoms with Gasteiger partial charge in [-0.05, 0) is 63.6 Å². The minimum atomic E-state index is -0.380. The van der Waals surface area contributed by atoms with E-state index in [0.717, 1.165) is 5.56 Å². The Labute approximate surface area is 200 Å². The molecule has 2 aromatic rings. The van der Waals surface area contributed by atoms with Gasteiger partial charge in [0.2, 0.25) is 0 Å². The molecule has 168 valence electrons. The third kappa shape index (κ3) is 7.90. The van der Waals surface area contributed by atoms with Gasteiger partial charge in [-0.2, -0.15) is 5.26 Å². The third-order valence-electron chi connectivity index (χ3n) is 4.35. The van der Waals surface area contributed by atoms with Gasteiger partial charge in [0.25, 0.3) is 0 Å². The van der Waals surface area contributed by atoms with E-state index in [0.29, 0.717) is 48.3 Å². The average Bonchev–Trinajstić information content (AvgIpc) is 2.74. The van der Waals surface area contributed by atoms with Gasteiger partial charge >= 0.3 is 0 Å². The first kappa shape index (κ1) is 26.5. The van der Waals surface area contributed by atoms with E-state index in [2.05, 4.69) is 15.6 Å². The number of halogens is 2. The number of rotatable bonds is 9. The molecule has 0 saturated carbocycles. The summed E-state index contributed by atoms with van der Waals surface area (Å²) in [6.07, 6.45) is 0. The largest absolute Gasteiger partial charge is 0.490 e. The SMILES string of the molecule is CCNC(=NCc1cc(C#N)ccc1F)NC(C)c1ccc(OCC)c(OCC)c1.I. The second-order valence-corrected chi connectivity index (χ2v) is 6.55. The van der Waals surface area contributed by atoms with Crippen LogP contribution >= 0.6 is 24.0 Å². The van der Waals surface area contributed by atoms with Crippen molar-refractivity contribution in [2.45, 2.75) is 40.3 Å². The highest BCUT2D eigenvalue weighted by Crippen LogP contribution is 2.30. The Kier molecular flexibility index (Phi) is 11.7. The molecule has 0 amide bonds. The van der Waals surface area contributed by atoms with Crippen molar-refractivity contribution in [3.8, 4) is 17.6 Å². The van der Waals surface area contributed by atoms with E-state index in [1.807, 2.05) is 52.0 Å². The molecule has 31 heavy (non-hydrogen) atoms. The Morgan fingerprint density at radius 3 is 2.45 bits per heavy atom. The van der Waals surface area contributed by atoms with Gasteiger partial charge in [0.1, 0.15) is 5.82 Å². The van der Waals surface area contributed by atoms with Gasteiger partial charge in [-0.3, -0.25) is 0 Å². The number of ether oxygens (including phenoxy) is 2. The molecule has 0 spiro atoms. The number of guanidine groups is 1. The van der Waals surface area contributed by atoms with Crippen molar-refractivity contribution in [3.05, 3.63) is 58.9 Å². The number of hydrogen-bond acceptors (Lipinski definition) is 4. The fourth-order valence-electron chi connectivity index (χ4n) is 2.88. The number of hydrogen-bond donors (Lipinski definition) is 2. The first-order valence-electron chi connectivity index (χ1n) is 10.1. The van der Waals surface area contributed by atoms with Crippen molar-refractivity contribution in [1.82, 2.24) is 10.6 Å². The van der Waals surface area contributed by atoms with Gasteiger partial charge in [0.15, 0.2) is 17.5 Å². The molecule has 0 bridgehead atoms. The van der Waals surface area contributed by atoms with Gasteiger partial charge in [-0.25, -0.2) is 9.38 Å². The fourth-order valence-corrected chi connectivity index (χ4v) is 2.88. The maximum absolute atomic E-state index is 14.0. The third-order valence-corrected chi connectivity index (χ3v) is 4.35. The van der Waals surface area contributed by atoms with Crippen molar-refractivity contribution in [2.75, 3.05) is 19.8 Å². The van der Waals surface area contributed by atoms with Crippen LogP contribution in [0.5, 0.6) is 11.5 Å². The second kappa shape index (κ2) is 13.7. The zero-order chi connectivity index (χ0) is 21.9. The monoisotopic (exact) mass is 540 g/mol. The van der Waals surface area contributed by atoms with E-state index >= 15 is 0 Å². The molecule has 6 nitrogen and oxygen atoms in total. The Morgan fingerprint density at radius 2 is 1.81 bits per heavy atom. The first-order valence-corrected chi connectivity index (χ1v) is 10.1. The van der Waals surface area contributed by atoms with Crippen LogP contribution in [-0.2, 0) is 6.54 Å². The molecule has 0 radical (unpaired) electrons. The summed E-state index contributed by atoms with van der Waals surface area (Å²) in [5.74, 6) is 1.58. The normalized spacial score (nSPS) is 11.7. The predicted molar refractivity (Wildman–Crippen MR) is 132 cm³/mol. The standard InChI is InChI=1S/C23H29FN4O2.HI/c1-5-26-23(27-15-19-12-17(14-25)8-10-20(19)24)28-16(4)18-9-11-21(29-6-2)22(13-18)30-7-3;/h8-13,16H,5-7,15H2,1-4H3,(H2,26,27,28);1H. The van der Waals surface area contributed by atoms with Crippen molar-refractivity contribution in [2.24, 2.45) is 4.99 Å². The van der Waals surface area contributed by atoms with E-state index in [-0.39, 0.29) is 42.4 Å². The molecule has 0 aliphatic heterocycles. The minimum Gasteiger partial charge on any atom is -0.490 e. The minimum absolute atomic E-state index is 0. The van der Waals surface area contributed by atoms with Crippen molar-refractivity contribution >= 4 is 29.9 Å². The summed E-state index contributed by atoms with van der Waals surface area (Å²) in [7, 11) is 0. The first-order chi connectivity index (χ1) is 14.5. The van der Waals surface area contributed by atoms with E-state index < -0.39 is 0 Å². The van der Waals surface area contributed by atoms with E-state index in [1.54, 1.807) is 0 Å². The Hall–Kier alpha value is -2.54. The maximum Gasteiger partial charge on any atom is 0.192 e. The molecule has 8 heteroatoms. The van der Waals surface area contributed by atoms with Crippen molar-refractivity contribution < 1.29 is 13.9 Å². The van der Waals surface area contributed by atoms with E-state index in [9.17, 15) is 4.39 Å². The smallest absolute Gasteiger partial charge is 0.192 e. The van der Waals surface area contributed by atoms with Crippen LogP contribution in [0.3, 0.4) is 0 Å². The quantitative estimate of drug-likeness (QED) is 0.268. The van der Waals surface area contributed by atoms with Crippen LogP contribution in [0, 0.1) is 17.1 Å². The highest BCUT2D eigenvalue weighted by molar-refractivity contribution is 14.0. The van der Waals surface area contributed by atoms with Gasteiger partial charge in [0, 0.05) is 12.1 Å². The summed E-state index contributed by atoms with van der Waals surface area (Å²) in [5.41, 5.74) is 1.79. The molecule has 0 fully saturated rings. The van der Waals surface area contributed by atoms with Crippen LogP contribution < -0.4 is 20.1 Å². The summed E-state index contributed by atoms with van der Waals surface area (Å²) in [5, 5.41) is 15.5. The summed E-state index contributed by atoms with van der Waals surface area (Å²) in [6.45, 7) is 9.72. The number of nitriles is 1. The van der Waals surface area contributed by atoms with Crippen molar-refractivity contribution in [1.29, 1.82) is 5.26 Å².